The minimum Gasteiger partial charge on any atom is -0.372 e. The van der Waals surface area contributed by atoms with Crippen molar-refractivity contribution in [2.24, 2.45) is 0 Å². The van der Waals surface area contributed by atoms with E-state index in [4.69, 9.17) is 0 Å². The number of amides is 1. The van der Waals surface area contributed by atoms with Gasteiger partial charge in [-0.1, -0.05) is 0 Å². The van der Waals surface area contributed by atoms with E-state index in [0.717, 1.165) is 0 Å². The van der Waals surface area contributed by atoms with Gasteiger partial charge in [0.1, 0.15) is 5.82 Å². The molecular weight excluding hydrogens is 208 g/mol. The monoisotopic (exact) mass is 218 g/mol. The van der Waals surface area contributed by atoms with Crippen LogP contribution in [0.3, 0.4) is 0 Å². The first kappa shape index (κ1) is 10.1. The molecule has 2 aromatic rings. The van der Waals surface area contributed by atoms with Gasteiger partial charge in [0.25, 0.3) is 5.91 Å². The van der Waals surface area contributed by atoms with Crippen LogP contribution in [0.1, 0.15) is 10.5 Å². The molecule has 0 saturated carbocycles. The van der Waals surface area contributed by atoms with Crippen molar-refractivity contribution < 1.29 is 4.79 Å². The Morgan fingerprint density at radius 2 is 2.25 bits per heavy atom. The first-order chi connectivity index (χ1) is 7.79. The van der Waals surface area contributed by atoms with Crippen LogP contribution in [0.2, 0.25) is 0 Å². The van der Waals surface area contributed by atoms with Gasteiger partial charge in [-0.05, 0) is 12.1 Å². The maximum atomic E-state index is 11.6. The van der Waals surface area contributed by atoms with Crippen molar-refractivity contribution in [3.63, 3.8) is 0 Å². The van der Waals surface area contributed by atoms with E-state index in [2.05, 4.69) is 30.8 Å². The predicted molar refractivity (Wildman–Crippen MR) is 58.1 cm³/mol. The number of aromatic nitrogens is 4. The second-order valence-corrected chi connectivity index (χ2v) is 2.95. The average molecular weight is 218 g/mol. The Kier molecular flexibility index (Phi) is 2.77. The van der Waals surface area contributed by atoms with Gasteiger partial charge in [0, 0.05) is 19.4 Å². The molecule has 16 heavy (non-hydrogen) atoms. The molecule has 3 N–H and O–H groups in total. The lowest BCUT2D eigenvalue weighted by Crippen LogP contribution is -2.15. The van der Waals surface area contributed by atoms with E-state index in [-0.39, 0.29) is 11.6 Å². The third kappa shape index (κ3) is 2.14. The summed E-state index contributed by atoms with van der Waals surface area (Å²) in [7, 11) is 1.73. The number of anilines is 2. The molecule has 7 heteroatoms. The average Bonchev–Trinajstić information content (AvgIpc) is 2.82. The smallest absolute Gasteiger partial charge is 0.278 e. The van der Waals surface area contributed by atoms with Gasteiger partial charge in [-0.25, -0.2) is 4.98 Å². The molecule has 1 amide bonds. The first-order valence-electron chi connectivity index (χ1n) is 4.62. The highest BCUT2D eigenvalue weighted by atomic mass is 16.2. The molecule has 0 saturated heterocycles. The minimum absolute atomic E-state index is 0.232. The largest absolute Gasteiger partial charge is 0.372 e. The number of rotatable bonds is 3. The molecule has 0 fully saturated rings. The molecule has 0 aromatic carbocycles. The summed E-state index contributed by atoms with van der Waals surface area (Å²) in [5.41, 5.74) is 0.232. The van der Waals surface area contributed by atoms with Gasteiger partial charge in [0.15, 0.2) is 5.69 Å². The van der Waals surface area contributed by atoms with Crippen molar-refractivity contribution in [2.75, 3.05) is 17.7 Å². The summed E-state index contributed by atoms with van der Waals surface area (Å²) >= 11 is 0. The van der Waals surface area contributed by atoms with Gasteiger partial charge in [-0.3, -0.25) is 10.1 Å². The third-order valence-corrected chi connectivity index (χ3v) is 1.88. The van der Waals surface area contributed by atoms with Crippen LogP contribution < -0.4 is 10.6 Å². The van der Waals surface area contributed by atoms with Crippen LogP contribution in [-0.4, -0.2) is 33.1 Å². The van der Waals surface area contributed by atoms with E-state index in [0.29, 0.717) is 11.8 Å². The van der Waals surface area contributed by atoms with Gasteiger partial charge in [-0.15, -0.1) is 10.2 Å². The van der Waals surface area contributed by atoms with Gasteiger partial charge in [-0.2, -0.15) is 0 Å². The molecule has 0 radical (unpaired) electrons. The summed E-state index contributed by atoms with van der Waals surface area (Å²) in [4.78, 5) is 18.2. The molecule has 0 atom stereocenters. The Morgan fingerprint density at radius 1 is 1.38 bits per heavy atom. The molecule has 0 aliphatic carbocycles. The summed E-state index contributed by atoms with van der Waals surface area (Å²) in [6.45, 7) is 0. The Morgan fingerprint density at radius 3 is 2.81 bits per heavy atom. The number of carbonyl (C=O) groups excluding carboxylic acids is 1. The van der Waals surface area contributed by atoms with Gasteiger partial charge >= 0.3 is 0 Å². The Labute approximate surface area is 91.3 Å². The lowest BCUT2D eigenvalue weighted by atomic mass is 10.3. The predicted octanol–water partition coefficient (Wildman–Crippen LogP) is 0.494. The number of imidazole rings is 1. The number of nitrogens with one attached hydrogen (secondary N) is 3. The highest BCUT2D eigenvalue weighted by Crippen LogP contribution is 2.03. The minimum atomic E-state index is -0.356. The van der Waals surface area contributed by atoms with E-state index in [9.17, 15) is 4.79 Å². The lowest BCUT2D eigenvalue weighted by molar-refractivity contribution is 0.102. The number of H-pyrrole nitrogens is 1. The van der Waals surface area contributed by atoms with Crippen molar-refractivity contribution in [1.29, 1.82) is 0 Å². The number of aromatic amines is 1. The molecule has 0 spiro atoms. The summed E-state index contributed by atoms with van der Waals surface area (Å²) in [5.74, 6) is 0.629. The molecule has 2 rings (SSSR count). The topological polar surface area (TPSA) is 95.6 Å². The first-order valence-corrected chi connectivity index (χ1v) is 4.62. The number of hydrogen-bond acceptors (Lipinski definition) is 5. The second-order valence-electron chi connectivity index (χ2n) is 2.95. The van der Waals surface area contributed by atoms with Crippen LogP contribution in [0.25, 0.3) is 0 Å². The standard InChI is InChI=1S/C9H10N6O/c1-10-7-3-2-6(14-15-7)8(16)13-9-11-4-5-12-9/h2-5H,1H3,(H,10,15)(H2,11,12,13,16). The molecule has 2 heterocycles. The van der Waals surface area contributed by atoms with Gasteiger partial charge < -0.3 is 10.3 Å². The maximum Gasteiger partial charge on any atom is 0.278 e. The normalized spacial score (nSPS) is 9.81. The summed E-state index contributed by atoms with van der Waals surface area (Å²) < 4.78 is 0. The van der Waals surface area contributed by atoms with Crippen LogP contribution >= 0.6 is 0 Å². The zero-order chi connectivity index (χ0) is 11.4. The molecule has 2 aromatic heterocycles. The lowest BCUT2D eigenvalue weighted by Gasteiger charge is -2.01. The van der Waals surface area contributed by atoms with Crippen molar-refractivity contribution in [1.82, 2.24) is 20.2 Å². The number of hydrogen-bond donors (Lipinski definition) is 3. The van der Waals surface area contributed by atoms with E-state index >= 15 is 0 Å². The number of carbonyl (C=O) groups is 1. The van der Waals surface area contributed by atoms with Crippen LogP contribution in [0.4, 0.5) is 11.8 Å². The summed E-state index contributed by atoms with van der Waals surface area (Å²) in [6.07, 6.45) is 3.16. The van der Waals surface area contributed by atoms with Crippen LogP contribution in [0, 0.1) is 0 Å². The zero-order valence-corrected chi connectivity index (χ0v) is 8.56. The van der Waals surface area contributed by atoms with E-state index in [1.807, 2.05) is 0 Å². The van der Waals surface area contributed by atoms with Crippen molar-refractivity contribution in [3.05, 3.63) is 30.2 Å². The molecule has 0 aliphatic rings. The van der Waals surface area contributed by atoms with E-state index < -0.39 is 0 Å². The Hall–Kier alpha value is -2.44. The quantitative estimate of drug-likeness (QED) is 0.697. The van der Waals surface area contributed by atoms with Crippen LogP contribution in [-0.2, 0) is 0 Å². The third-order valence-electron chi connectivity index (χ3n) is 1.88. The highest BCUT2D eigenvalue weighted by Gasteiger charge is 2.09. The van der Waals surface area contributed by atoms with Gasteiger partial charge in [0.2, 0.25) is 5.95 Å². The van der Waals surface area contributed by atoms with Gasteiger partial charge in [0.05, 0.1) is 0 Å². The van der Waals surface area contributed by atoms with Crippen LogP contribution in [0.5, 0.6) is 0 Å². The van der Waals surface area contributed by atoms with E-state index in [1.54, 1.807) is 31.6 Å². The molecule has 82 valence electrons. The molecule has 0 bridgehead atoms. The van der Waals surface area contributed by atoms with Crippen molar-refractivity contribution in [2.45, 2.75) is 0 Å². The molecular formula is C9H10N6O. The highest BCUT2D eigenvalue weighted by molar-refractivity contribution is 6.01. The zero-order valence-electron chi connectivity index (χ0n) is 8.56. The second kappa shape index (κ2) is 4.39. The fraction of sp³-hybridized carbons (Fsp3) is 0.111. The summed E-state index contributed by atoms with van der Waals surface area (Å²) in [6, 6.07) is 3.25. The number of nitrogens with zero attached hydrogens (tertiary/aromatic N) is 3. The Balaban J connectivity index is 2.09. The molecule has 0 aliphatic heterocycles. The summed E-state index contributed by atoms with van der Waals surface area (Å²) in [5, 5.41) is 12.9. The van der Waals surface area contributed by atoms with Crippen LogP contribution in [0.15, 0.2) is 24.5 Å². The molecule has 7 nitrogen and oxygen atoms in total. The van der Waals surface area contributed by atoms with E-state index in [1.165, 1.54) is 0 Å². The SMILES string of the molecule is CNc1ccc(C(=O)Nc2ncc[nH]2)nn1. The van der Waals surface area contributed by atoms with Crippen molar-refractivity contribution >= 4 is 17.7 Å². The fourth-order valence-electron chi connectivity index (χ4n) is 1.09. The fourth-order valence-corrected chi connectivity index (χ4v) is 1.09. The Bertz CT molecular complexity index is 463. The van der Waals surface area contributed by atoms with Crippen molar-refractivity contribution in [3.8, 4) is 0 Å². The maximum absolute atomic E-state index is 11.6. The molecule has 0 unspecified atom stereocenters.